The Morgan fingerprint density at radius 2 is 1.92 bits per heavy atom. The van der Waals surface area contributed by atoms with Crippen molar-refractivity contribution in [3.8, 4) is 0 Å². The Kier molecular flexibility index (Phi) is 3.38. The summed E-state index contributed by atoms with van der Waals surface area (Å²) in [5.41, 5.74) is 1.32. The number of benzene rings is 1. The largest absolute Gasteiger partial charge is 0.357 e. The van der Waals surface area contributed by atoms with Gasteiger partial charge in [0.15, 0.2) is 0 Å². The molecule has 0 aliphatic carbocycles. The number of hydrogen-bond acceptors (Lipinski definition) is 2. The van der Waals surface area contributed by atoms with E-state index in [-0.39, 0.29) is 12.4 Å². The first-order chi connectivity index (χ1) is 5.47. The number of nitrogens with zero attached hydrogens (tertiary/aromatic N) is 1. The van der Waals surface area contributed by atoms with Gasteiger partial charge in [-0.05, 0) is 12.1 Å². The van der Waals surface area contributed by atoms with E-state index in [4.69, 9.17) is 0 Å². The zero-order valence-corrected chi connectivity index (χ0v) is 7.68. The van der Waals surface area contributed by atoms with E-state index in [0.29, 0.717) is 0 Å². The molecule has 66 valence electrons. The molecule has 3 heteroatoms. The number of anilines is 1. The van der Waals surface area contributed by atoms with Crippen molar-refractivity contribution >= 4 is 18.1 Å². The van der Waals surface area contributed by atoms with Crippen molar-refractivity contribution in [3.63, 3.8) is 0 Å². The molecule has 12 heavy (non-hydrogen) atoms. The van der Waals surface area contributed by atoms with Crippen LogP contribution in [-0.4, -0.2) is 19.8 Å². The van der Waals surface area contributed by atoms with Gasteiger partial charge in [0.05, 0.1) is 6.67 Å². The van der Waals surface area contributed by atoms with Gasteiger partial charge in [-0.25, -0.2) is 0 Å². The van der Waals surface area contributed by atoms with Crippen molar-refractivity contribution in [2.45, 2.75) is 0 Å². The molecule has 2 nitrogen and oxygen atoms in total. The number of halogens is 1. The quantitative estimate of drug-likeness (QED) is 0.712. The third-order valence-corrected chi connectivity index (χ3v) is 1.98. The molecular formula is C9H13ClN2. The summed E-state index contributed by atoms with van der Waals surface area (Å²) in [6.07, 6.45) is 0. The monoisotopic (exact) mass is 184 g/mol. The molecular weight excluding hydrogens is 172 g/mol. The Labute approximate surface area is 79.0 Å². The van der Waals surface area contributed by atoms with Gasteiger partial charge in [0.1, 0.15) is 0 Å². The summed E-state index contributed by atoms with van der Waals surface area (Å²) in [6.45, 7) is 3.23. The van der Waals surface area contributed by atoms with E-state index in [9.17, 15) is 0 Å². The van der Waals surface area contributed by atoms with Gasteiger partial charge in [0, 0.05) is 18.8 Å². The second-order valence-electron chi connectivity index (χ2n) is 2.76. The molecule has 1 aliphatic heterocycles. The fraction of sp³-hybridized carbons (Fsp3) is 0.333. The minimum Gasteiger partial charge on any atom is -0.357 e. The molecule has 0 atom stereocenters. The Morgan fingerprint density at radius 3 is 2.50 bits per heavy atom. The molecule has 1 aliphatic rings. The van der Waals surface area contributed by atoms with E-state index < -0.39 is 0 Å². The first-order valence-corrected chi connectivity index (χ1v) is 3.97. The number of nitrogens with one attached hydrogen (secondary N) is 1. The highest BCUT2D eigenvalue weighted by Gasteiger charge is 2.09. The van der Waals surface area contributed by atoms with Gasteiger partial charge < -0.3 is 4.90 Å². The second kappa shape index (κ2) is 4.33. The summed E-state index contributed by atoms with van der Waals surface area (Å²) >= 11 is 0. The van der Waals surface area contributed by atoms with Crippen LogP contribution in [0.4, 0.5) is 5.69 Å². The van der Waals surface area contributed by atoms with Crippen LogP contribution < -0.4 is 10.2 Å². The van der Waals surface area contributed by atoms with Gasteiger partial charge in [-0.15, -0.1) is 12.4 Å². The standard InChI is InChI=1S/C9H12N2.ClH/c1-2-4-9(5-3-1)11-7-6-10-8-11;/h1-5,10H,6-8H2;1H. The number of rotatable bonds is 1. The molecule has 0 amide bonds. The third-order valence-electron chi connectivity index (χ3n) is 1.98. The Bertz CT molecular complexity index is 219. The molecule has 2 rings (SSSR count). The van der Waals surface area contributed by atoms with Crippen molar-refractivity contribution in [2.24, 2.45) is 0 Å². The van der Waals surface area contributed by atoms with Gasteiger partial charge in [-0.1, -0.05) is 18.2 Å². The molecule has 1 saturated heterocycles. The highest BCUT2D eigenvalue weighted by molar-refractivity contribution is 5.85. The Morgan fingerprint density at radius 1 is 1.17 bits per heavy atom. The summed E-state index contributed by atoms with van der Waals surface area (Å²) in [6, 6.07) is 10.5. The van der Waals surface area contributed by atoms with Crippen molar-refractivity contribution in [1.29, 1.82) is 0 Å². The van der Waals surface area contributed by atoms with Gasteiger partial charge >= 0.3 is 0 Å². The molecule has 1 N–H and O–H groups in total. The fourth-order valence-electron chi connectivity index (χ4n) is 1.37. The normalized spacial score (nSPS) is 15.8. The van der Waals surface area contributed by atoms with Gasteiger partial charge in [0.25, 0.3) is 0 Å². The summed E-state index contributed by atoms with van der Waals surface area (Å²) in [5.74, 6) is 0. The van der Waals surface area contributed by atoms with Crippen LogP contribution in [0.3, 0.4) is 0 Å². The third kappa shape index (κ3) is 1.90. The lowest BCUT2D eigenvalue weighted by molar-refractivity contribution is 0.855. The number of para-hydroxylation sites is 1. The zero-order valence-electron chi connectivity index (χ0n) is 6.86. The lowest BCUT2D eigenvalue weighted by atomic mass is 10.3. The maximum absolute atomic E-state index is 3.30. The zero-order chi connectivity index (χ0) is 7.52. The molecule has 0 aromatic heterocycles. The lowest BCUT2D eigenvalue weighted by Gasteiger charge is -2.15. The van der Waals surface area contributed by atoms with E-state index in [0.717, 1.165) is 19.8 Å². The average molecular weight is 185 g/mol. The smallest absolute Gasteiger partial charge is 0.0683 e. The van der Waals surface area contributed by atoms with E-state index >= 15 is 0 Å². The summed E-state index contributed by atoms with van der Waals surface area (Å²) < 4.78 is 0. The summed E-state index contributed by atoms with van der Waals surface area (Å²) in [7, 11) is 0. The molecule has 0 saturated carbocycles. The predicted molar refractivity (Wildman–Crippen MR) is 53.9 cm³/mol. The molecule has 0 spiro atoms. The van der Waals surface area contributed by atoms with E-state index in [1.54, 1.807) is 0 Å². The first kappa shape index (κ1) is 9.36. The highest BCUT2D eigenvalue weighted by atomic mass is 35.5. The topological polar surface area (TPSA) is 15.3 Å². The van der Waals surface area contributed by atoms with Crippen molar-refractivity contribution < 1.29 is 0 Å². The van der Waals surface area contributed by atoms with Crippen LogP contribution in [-0.2, 0) is 0 Å². The van der Waals surface area contributed by atoms with E-state index in [2.05, 4.69) is 34.5 Å². The maximum Gasteiger partial charge on any atom is 0.0683 e. The van der Waals surface area contributed by atoms with Crippen LogP contribution in [0.25, 0.3) is 0 Å². The molecule has 1 heterocycles. The van der Waals surface area contributed by atoms with Crippen LogP contribution in [0.2, 0.25) is 0 Å². The predicted octanol–water partition coefficient (Wildman–Crippen LogP) is 1.48. The van der Waals surface area contributed by atoms with Gasteiger partial charge in [-0.2, -0.15) is 0 Å². The van der Waals surface area contributed by atoms with Gasteiger partial charge in [-0.3, -0.25) is 5.32 Å². The summed E-state index contributed by atoms with van der Waals surface area (Å²) in [5, 5.41) is 3.30. The van der Waals surface area contributed by atoms with Crippen LogP contribution in [0.5, 0.6) is 0 Å². The fourth-order valence-corrected chi connectivity index (χ4v) is 1.37. The maximum atomic E-state index is 3.30. The van der Waals surface area contributed by atoms with Crippen molar-refractivity contribution in [2.75, 3.05) is 24.7 Å². The van der Waals surface area contributed by atoms with E-state index in [1.165, 1.54) is 5.69 Å². The highest BCUT2D eigenvalue weighted by Crippen LogP contribution is 2.12. The van der Waals surface area contributed by atoms with Crippen molar-refractivity contribution in [1.82, 2.24) is 5.32 Å². The molecule has 1 aromatic carbocycles. The molecule has 1 aromatic rings. The summed E-state index contributed by atoms with van der Waals surface area (Å²) in [4.78, 5) is 2.33. The SMILES string of the molecule is Cl.c1ccc(N2CCNC2)cc1. The van der Waals surface area contributed by atoms with Crippen LogP contribution in [0.15, 0.2) is 30.3 Å². The second-order valence-corrected chi connectivity index (χ2v) is 2.76. The molecule has 0 bridgehead atoms. The van der Waals surface area contributed by atoms with Gasteiger partial charge in [0.2, 0.25) is 0 Å². The van der Waals surface area contributed by atoms with Crippen LogP contribution >= 0.6 is 12.4 Å². The van der Waals surface area contributed by atoms with Crippen molar-refractivity contribution in [3.05, 3.63) is 30.3 Å². The molecule has 0 unspecified atom stereocenters. The minimum absolute atomic E-state index is 0. The Hall–Kier alpha value is -0.730. The van der Waals surface area contributed by atoms with E-state index in [1.807, 2.05) is 6.07 Å². The lowest BCUT2D eigenvalue weighted by Crippen LogP contribution is -2.20. The first-order valence-electron chi connectivity index (χ1n) is 3.97. The Balaban J connectivity index is 0.000000720. The van der Waals surface area contributed by atoms with Crippen LogP contribution in [0, 0.1) is 0 Å². The molecule has 1 fully saturated rings. The average Bonchev–Trinajstić information content (AvgIpc) is 2.58. The molecule has 0 radical (unpaired) electrons. The minimum atomic E-state index is 0. The van der Waals surface area contributed by atoms with Crippen LogP contribution in [0.1, 0.15) is 0 Å². The number of hydrogen-bond donors (Lipinski definition) is 1.